The smallest absolute Gasteiger partial charge is 0.244 e. The van der Waals surface area contributed by atoms with Crippen LogP contribution >= 0.6 is 0 Å². The van der Waals surface area contributed by atoms with Crippen LogP contribution < -0.4 is 5.73 Å². The van der Waals surface area contributed by atoms with E-state index in [1.165, 1.54) is 25.7 Å². The Morgan fingerprint density at radius 3 is 1.58 bits per heavy atom. The van der Waals surface area contributed by atoms with Gasteiger partial charge < -0.3 is 15.9 Å². The Bertz CT molecular complexity index is 583. The highest BCUT2D eigenvalue weighted by Crippen LogP contribution is 2.56. The van der Waals surface area contributed by atoms with Gasteiger partial charge in [-0.25, -0.2) is 0 Å². The normalized spacial score (nSPS) is 58.4. The first-order valence-corrected chi connectivity index (χ1v) is 10.6. The van der Waals surface area contributed by atoms with E-state index in [9.17, 15) is 20.3 Å². The number of rotatable bonds is 1. The molecule has 8 saturated carbocycles. The third-order valence-electron chi connectivity index (χ3n) is 8.80. The van der Waals surface area contributed by atoms with Gasteiger partial charge in [-0.1, -0.05) is 0 Å². The molecular weight excluding hydrogens is 332 g/mol. The Hall–Kier alpha value is -0.720. The van der Waals surface area contributed by atoms with Crippen molar-refractivity contribution in [3.63, 3.8) is 0 Å². The lowest BCUT2D eigenvalue weighted by Crippen LogP contribution is -2.63. The SMILES string of the molecule is NC1C2CC3CC(C2)CC1(O)C3.O=[N+]([O-])C1C2CC3CC(C2)CC1(O)C3. The third-order valence-corrected chi connectivity index (χ3v) is 8.80. The van der Waals surface area contributed by atoms with E-state index in [1.54, 1.807) is 0 Å². The van der Waals surface area contributed by atoms with Crippen molar-refractivity contribution in [2.24, 2.45) is 41.2 Å². The van der Waals surface area contributed by atoms with Crippen molar-refractivity contribution in [3.8, 4) is 0 Å². The van der Waals surface area contributed by atoms with Gasteiger partial charge in [0.15, 0.2) is 0 Å². The summed E-state index contributed by atoms with van der Waals surface area (Å²) in [5, 5.41) is 31.5. The molecule has 6 heteroatoms. The van der Waals surface area contributed by atoms with Crippen molar-refractivity contribution in [1.82, 2.24) is 0 Å². The number of hydrogen-bond donors (Lipinski definition) is 3. The summed E-state index contributed by atoms with van der Waals surface area (Å²) < 4.78 is 0. The molecule has 6 atom stereocenters. The predicted octanol–water partition coefficient (Wildman–Crippen LogP) is 2.09. The summed E-state index contributed by atoms with van der Waals surface area (Å²) in [7, 11) is 0. The molecule has 6 nitrogen and oxygen atoms in total. The lowest BCUT2D eigenvalue weighted by Gasteiger charge is -2.57. The van der Waals surface area contributed by atoms with E-state index in [0.717, 1.165) is 37.5 Å². The maximum Gasteiger partial charge on any atom is 0.244 e. The molecule has 8 aliphatic rings. The van der Waals surface area contributed by atoms with E-state index >= 15 is 0 Å². The van der Waals surface area contributed by atoms with Crippen LogP contribution in [-0.4, -0.2) is 38.4 Å². The number of nitro groups is 1. The number of nitrogens with zero attached hydrogens (tertiary/aromatic N) is 1. The van der Waals surface area contributed by atoms with Gasteiger partial charge in [0.2, 0.25) is 6.04 Å². The van der Waals surface area contributed by atoms with E-state index in [0.29, 0.717) is 30.6 Å². The molecular formula is C20H32N2O4. The fourth-order valence-electron chi connectivity index (χ4n) is 8.38. The first-order chi connectivity index (χ1) is 12.3. The topological polar surface area (TPSA) is 110 Å². The van der Waals surface area contributed by atoms with Crippen molar-refractivity contribution in [2.45, 2.75) is 87.5 Å². The highest BCUT2D eigenvalue weighted by atomic mass is 16.6. The second kappa shape index (κ2) is 5.65. The summed E-state index contributed by atoms with van der Waals surface area (Å²) in [6.07, 6.45) is 10.4. The van der Waals surface area contributed by atoms with Gasteiger partial charge in [-0.3, -0.25) is 10.1 Å². The molecule has 6 unspecified atom stereocenters. The summed E-state index contributed by atoms with van der Waals surface area (Å²) in [6.45, 7) is 0. The standard InChI is InChI=1S/C10H15NO3.C10H17NO/c12-10-4-6-1-7(5-10)3-8(2-6)9(10)11(13)14;11-9-8-2-6-1-7(3-8)5-10(9,12)4-6/h6-9,12H,1-5H2;6-9,12H,1-5,11H2. The van der Waals surface area contributed by atoms with Crippen LogP contribution in [0.5, 0.6) is 0 Å². The van der Waals surface area contributed by atoms with Gasteiger partial charge in [-0.15, -0.1) is 0 Å². The highest BCUT2D eigenvalue weighted by molar-refractivity contribution is 5.09. The molecule has 146 valence electrons. The molecule has 0 radical (unpaired) electrons. The van der Waals surface area contributed by atoms with Crippen LogP contribution in [0.25, 0.3) is 0 Å². The maximum atomic E-state index is 10.9. The van der Waals surface area contributed by atoms with E-state index < -0.39 is 17.2 Å². The quantitative estimate of drug-likeness (QED) is 0.487. The molecule has 4 N–H and O–H groups in total. The second-order valence-electron chi connectivity index (χ2n) is 10.7. The van der Waals surface area contributed by atoms with Crippen molar-refractivity contribution in [3.05, 3.63) is 10.1 Å². The first-order valence-electron chi connectivity index (χ1n) is 10.6. The molecule has 0 heterocycles. The summed E-state index contributed by atoms with van der Waals surface area (Å²) in [5.74, 6) is 3.52. The largest absolute Gasteiger partial charge is 0.388 e. The number of aliphatic hydroxyl groups is 2. The summed E-state index contributed by atoms with van der Waals surface area (Å²) >= 11 is 0. The van der Waals surface area contributed by atoms with Gasteiger partial charge in [-0.05, 0) is 93.8 Å². The number of nitrogens with two attached hydrogens (primary N) is 1. The molecule has 0 aromatic heterocycles. The van der Waals surface area contributed by atoms with Crippen LogP contribution in [0.3, 0.4) is 0 Å². The van der Waals surface area contributed by atoms with Crippen molar-refractivity contribution in [2.75, 3.05) is 0 Å². The van der Waals surface area contributed by atoms with Gasteiger partial charge in [0.1, 0.15) is 5.60 Å². The molecule has 0 spiro atoms. The van der Waals surface area contributed by atoms with Crippen LogP contribution in [0.15, 0.2) is 0 Å². The molecule has 0 aromatic carbocycles. The van der Waals surface area contributed by atoms with E-state index in [1.807, 2.05) is 0 Å². The van der Waals surface area contributed by atoms with E-state index in [4.69, 9.17) is 5.73 Å². The predicted molar refractivity (Wildman–Crippen MR) is 95.8 cm³/mol. The van der Waals surface area contributed by atoms with E-state index in [-0.39, 0.29) is 16.9 Å². The zero-order chi connectivity index (χ0) is 18.3. The lowest BCUT2D eigenvalue weighted by molar-refractivity contribution is -0.568. The van der Waals surface area contributed by atoms with Crippen LogP contribution in [0.1, 0.15) is 64.2 Å². The lowest BCUT2D eigenvalue weighted by atomic mass is 9.52. The minimum Gasteiger partial charge on any atom is -0.388 e. The van der Waals surface area contributed by atoms with Gasteiger partial charge >= 0.3 is 0 Å². The molecule has 0 saturated heterocycles. The van der Waals surface area contributed by atoms with Crippen molar-refractivity contribution < 1.29 is 15.1 Å². The fraction of sp³-hybridized carbons (Fsp3) is 1.00. The van der Waals surface area contributed by atoms with Gasteiger partial charge in [0.25, 0.3) is 0 Å². The third kappa shape index (κ3) is 2.55. The zero-order valence-corrected chi connectivity index (χ0v) is 15.4. The molecule has 26 heavy (non-hydrogen) atoms. The summed E-state index contributed by atoms with van der Waals surface area (Å²) in [4.78, 5) is 10.7. The molecule has 0 aromatic rings. The van der Waals surface area contributed by atoms with E-state index in [2.05, 4.69) is 0 Å². The summed E-state index contributed by atoms with van der Waals surface area (Å²) in [5.41, 5.74) is 4.63. The highest BCUT2D eigenvalue weighted by Gasteiger charge is 2.62. The second-order valence-corrected chi connectivity index (χ2v) is 10.7. The zero-order valence-electron chi connectivity index (χ0n) is 15.4. The maximum absolute atomic E-state index is 10.9. The Morgan fingerprint density at radius 1 is 0.769 bits per heavy atom. The Labute approximate surface area is 154 Å². The summed E-state index contributed by atoms with van der Waals surface area (Å²) in [6, 6.07) is -0.583. The van der Waals surface area contributed by atoms with Crippen LogP contribution in [0, 0.1) is 45.6 Å². The average molecular weight is 364 g/mol. The first kappa shape index (κ1) is 17.4. The minimum absolute atomic E-state index is 0.0882. The molecule has 8 fully saturated rings. The van der Waals surface area contributed by atoms with Gasteiger partial charge in [0, 0.05) is 16.9 Å². The van der Waals surface area contributed by atoms with Gasteiger partial charge in [0.05, 0.1) is 5.60 Å². The van der Waals surface area contributed by atoms with Crippen molar-refractivity contribution in [1.29, 1.82) is 0 Å². The Morgan fingerprint density at radius 2 is 1.19 bits per heavy atom. The van der Waals surface area contributed by atoms with Crippen molar-refractivity contribution >= 4 is 0 Å². The molecule has 0 aliphatic heterocycles. The Balaban J connectivity index is 0.000000117. The van der Waals surface area contributed by atoms with Crippen LogP contribution in [0.4, 0.5) is 0 Å². The van der Waals surface area contributed by atoms with Gasteiger partial charge in [-0.2, -0.15) is 0 Å². The molecule has 8 rings (SSSR count). The number of hydrogen-bond acceptors (Lipinski definition) is 5. The molecule has 8 bridgehead atoms. The Kier molecular flexibility index (Phi) is 3.77. The molecule has 8 aliphatic carbocycles. The van der Waals surface area contributed by atoms with Crippen LogP contribution in [-0.2, 0) is 0 Å². The molecule has 0 amide bonds. The monoisotopic (exact) mass is 364 g/mol. The fourth-order valence-corrected chi connectivity index (χ4v) is 8.38. The minimum atomic E-state index is -0.960. The average Bonchev–Trinajstić information content (AvgIpc) is 2.49. The van der Waals surface area contributed by atoms with Crippen LogP contribution in [0.2, 0.25) is 0 Å².